The highest BCUT2D eigenvalue weighted by atomic mass is 16.4. The molecule has 0 aromatic rings. The summed E-state index contributed by atoms with van der Waals surface area (Å²) in [6.45, 7) is 3.54. The van der Waals surface area contributed by atoms with Crippen molar-refractivity contribution in [2.45, 2.75) is 52.4 Å². The van der Waals surface area contributed by atoms with Gasteiger partial charge in [0.25, 0.3) is 5.78 Å². The van der Waals surface area contributed by atoms with E-state index < -0.39 is 23.1 Å². The van der Waals surface area contributed by atoms with Crippen molar-refractivity contribution in [3.63, 3.8) is 0 Å². The number of carbonyl (C=O) groups is 5. The normalized spacial score (nSPS) is 30.3. The number of carbonyl (C=O) groups excluding carboxylic acids is 4. The first-order chi connectivity index (χ1) is 11.7. The Kier molecular flexibility index (Phi) is 5.70. The molecule has 2 aliphatic rings. The molecule has 25 heavy (non-hydrogen) atoms. The first-order valence-corrected chi connectivity index (χ1v) is 8.71. The molecule has 0 heterocycles. The first kappa shape index (κ1) is 19.2. The molecule has 0 saturated heterocycles. The zero-order chi connectivity index (χ0) is 18.8. The Bertz CT molecular complexity index is 646. The van der Waals surface area contributed by atoms with E-state index in [1.165, 1.54) is 6.08 Å². The van der Waals surface area contributed by atoms with Crippen LogP contribution in [0.3, 0.4) is 0 Å². The van der Waals surface area contributed by atoms with E-state index in [1.807, 2.05) is 6.92 Å². The van der Waals surface area contributed by atoms with Crippen molar-refractivity contribution in [1.82, 2.24) is 0 Å². The van der Waals surface area contributed by atoms with Crippen LogP contribution in [0, 0.1) is 23.2 Å². The van der Waals surface area contributed by atoms with Crippen LogP contribution in [-0.2, 0) is 24.0 Å². The van der Waals surface area contributed by atoms with Crippen LogP contribution >= 0.6 is 0 Å². The van der Waals surface area contributed by atoms with Crippen LogP contribution in [0.25, 0.3) is 0 Å². The predicted molar refractivity (Wildman–Crippen MR) is 88.8 cm³/mol. The largest absolute Gasteiger partial charge is 0.475 e. The number of fused-ring (bicyclic) bond motifs is 1. The van der Waals surface area contributed by atoms with Crippen LogP contribution in [0.5, 0.6) is 0 Å². The molecule has 2 fully saturated rings. The van der Waals surface area contributed by atoms with Gasteiger partial charge in [0.15, 0.2) is 0 Å². The molecule has 0 radical (unpaired) electrons. The van der Waals surface area contributed by atoms with E-state index in [2.05, 4.69) is 0 Å². The smallest absolute Gasteiger partial charge is 0.376 e. The molecule has 0 aromatic carbocycles. The molecular weight excluding hydrogens is 324 g/mol. The maximum absolute atomic E-state index is 12.3. The van der Waals surface area contributed by atoms with Gasteiger partial charge < -0.3 is 5.11 Å². The molecule has 0 aliphatic heterocycles. The number of Topliss-reactive ketones (excluding diaryl/α,β-unsaturated/α-hetero) is 3. The van der Waals surface area contributed by atoms with Crippen molar-refractivity contribution in [3.05, 3.63) is 12.2 Å². The van der Waals surface area contributed by atoms with Crippen molar-refractivity contribution in [1.29, 1.82) is 0 Å². The van der Waals surface area contributed by atoms with E-state index in [1.54, 1.807) is 6.92 Å². The lowest BCUT2D eigenvalue weighted by Gasteiger charge is -2.39. The van der Waals surface area contributed by atoms with E-state index in [0.717, 1.165) is 6.08 Å². The van der Waals surface area contributed by atoms with Gasteiger partial charge in [0.1, 0.15) is 17.3 Å². The quantitative estimate of drug-likeness (QED) is 0.558. The Morgan fingerprint density at radius 2 is 1.96 bits per heavy atom. The Balaban J connectivity index is 1.96. The fraction of sp³-hybridized carbons (Fsp3) is 0.632. The molecule has 0 amide bonds. The van der Waals surface area contributed by atoms with Crippen molar-refractivity contribution in [3.8, 4) is 0 Å². The number of carboxylic acids is 1. The van der Waals surface area contributed by atoms with Crippen LogP contribution in [0.4, 0.5) is 0 Å². The third kappa shape index (κ3) is 3.94. The lowest BCUT2D eigenvalue weighted by atomic mass is 9.62. The zero-order valence-electron chi connectivity index (χ0n) is 14.6. The van der Waals surface area contributed by atoms with Gasteiger partial charge in [-0.2, -0.15) is 0 Å². The van der Waals surface area contributed by atoms with Crippen LogP contribution < -0.4 is 0 Å². The van der Waals surface area contributed by atoms with Gasteiger partial charge in [-0.3, -0.25) is 19.2 Å². The summed E-state index contributed by atoms with van der Waals surface area (Å²) in [5, 5.41) is 8.52. The van der Waals surface area contributed by atoms with Gasteiger partial charge >= 0.3 is 5.97 Å². The molecule has 2 aliphatic carbocycles. The van der Waals surface area contributed by atoms with Crippen LogP contribution in [-0.4, -0.2) is 34.2 Å². The summed E-state index contributed by atoms with van der Waals surface area (Å²) in [4.78, 5) is 58.2. The molecular formula is C19H24O6. The van der Waals surface area contributed by atoms with Gasteiger partial charge in [-0.15, -0.1) is 0 Å². The third-order valence-electron chi connectivity index (χ3n) is 5.88. The van der Waals surface area contributed by atoms with Crippen molar-refractivity contribution in [2.24, 2.45) is 23.2 Å². The molecule has 2 rings (SSSR count). The highest BCUT2D eigenvalue weighted by Gasteiger charge is 2.53. The lowest BCUT2D eigenvalue weighted by molar-refractivity contribution is -0.146. The van der Waals surface area contributed by atoms with Crippen molar-refractivity contribution >= 4 is 29.1 Å². The van der Waals surface area contributed by atoms with Crippen LogP contribution in [0.1, 0.15) is 52.4 Å². The van der Waals surface area contributed by atoms with Gasteiger partial charge in [-0.05, 0) is 31.3 Å². The summed E-state index contributed by atoms with van der Waals surface area (Å²) in [5.74, 6) is -3.23. The van der Waals surface area contributed by atoms with Gasteiger partial charge in [-0.25, -0.2) is 4.79 Å². The number of rotatable bonds is 7. The Hall–Kier alpha value is -2.11. The van der Waals surface area contributed by atoms with Crippen LogP contribution in [0.2, 0.25) is 0 Å². The summed E-state index contributed by atoms with van der Waals surface area (Å²) in [6, 6.07) is 0. The molecule has 0 bridgehead atoms. The number of aliphatic carboxylic acids is 1. The Labute approximate surface area is 146 Å². The first-order valence-electron chi connectivity index (χ1n) is 8.71. The van der Waals surface area contributed by atoms with E-state index in [-0.39, 0.29) is 35.6 Å². The standard InChI is InChI=1S/C19H24O6/c1-11(3-6-16(22)18(24)25)14(20)7-4-12-13-5-8-17(23)19(13,2)10-9-15(12)21/h3,6,11-13H,4-5,7-10H2,1-2H3,(H,24,25)/b6-3+/t11-,12-,13-,19+/m1/s1. The Morgan fingerprint density at radius 3 is 2.60 bits per heavy atom. The fourth-order valence-corrected chi connectivity index (χ4v) is 4.16. The maximum atomic E-state index is 12.3. The second kappa shape index (κ2) is 7.42. The van der Waals surface area contributed by atoms with E-state index in [4.69, 9.17) is 5.11 Å². The van der Waals surface area contributed by atoms with E-state index in [9.17, 15) is 24.0 Å². The minimum absolute atomic E-state index is 0.0217. The molecule has 136 valence electrons. The summed E-state index contributed by atoms with van der Waals surface area (Å²) in [7, 11) is 0. The average Bonchev–Trinajstić information content (AvgIpc) is 2.87. The molecule has 6 heteroatoms. The van der Waals surface area contributed by atoms with Gasteiger partial charge in [0.05, 0.1) is 0 Å². The molecule has 6 nitrogen and oxygen atoms in total. The molecule has 0 spiro atoms. The summed E-state index contributed by atoms with van der Waals surface area (Å²) in [5.41, 5.74) is -0.430. The van der Waals surface area contributed by atoms with Crippen molar-refractivity contribution < 1.29 is 29.1 Å². The van der Waals surface area contributed by atoms with Crippen molar-refractivity contribution in [2.75, 3.05) is 0 Å². The minimum atomic E-state index is -1.56. The number of hydrogen-bond donors (Lipinski definition) is 1. The highest BCUT2D eigenvalue weighted by Crippen LogP contribution is 2.52. The second-order valence-corrected chi connectivity index (χ2v) is 7.38. The fourth-order valence-electron chi connectivity index (χ4n) is 4.16. The SMILES string of the molecule is C[C@H](/C=C/C(=O)C(=O)O)C(=O)CC[C@H]1C(=O)CC[C@]2(C)C(=O)CC[C@H]12. The maximum Gasteiger partial charge on any atom is 0.376 e. The highest BCUT2D eigenvalue weighted by molar-refractivity contribution is 6.37. The molecule has 0 aromatic heterocycles. The van der Waals surface area contributed by atoms with E-state index >= 15 is 0 Å². The summed E-state index contributed by atoms with van der Waals surface area (Å²) >= 11 is 0. The monoisotopic (exact) mass is 348 g/mol. The van der Waals surface area contributed by atoms with Gasteiger partial charge in [-0.1, -0.05) is 19.9 Å². The van der Waals surface area contributed by atoms with Crippen LogP contribution in [0.15, 0.2) is 12.2 Å². The lowest BCUT2D eigenvalue weighted by Crippen LogP contribution is -2.42. The minimum Gasteiger partial charge on any atom is -0.475 e. The van der Waals surface area contributed by atoms with Gasteiger partial charge in [0, 0.05) is 36.5 Å². The summed E-state index contributed by atoms with van der Waals surface area (Å²) < 4.78 is 0. The second-order valence-electron chi connectivity index (χ2n) is 7.38. The van der Waals surface area contributed by atoms with E-state index in [0.29, 0.717) is 32.1 Å². The molecule has 1 N–H and O–H groups in total. The molecule has 0 unspecified atom stereocenters. The topological polar surface area (TPSA) is 106 Å². The Morgan fingerprint density at radius 1 is 1.28 bits per heavy atom. The number of hydrogen-bond acceptors (Lipinski definition) is 5. The number of allylic oxidation sites excluding steroid dienone is 1. The number of carboxylic acid groups (broad SMARTS) is 1. The average molecular weight is 348 g/mol. The van der Waals surface area contributed by atoms with Gasteiger partial charge in [0.2, 0.25) is 0 Å². The molecule has 2 saturated carbocycles. The number of ketones is 4. The third-order valence-corrected chi connectivity index (χ3v) is 5.88. The zero-order valence-corrected chi connectivity index (χ0v) is 14.6. The summed E-state index contributed by atoms with van der Waals surface area (Å²) in [6.07, 6.45) is 4.99. The predicted octanol–water partition coefficient (Wildman–Crippen LogP) is 2.15. The molecule has 4 atom stereocenters.